The van der Waals surface area contributed by atoms with Crippen molar-refractivity contribution < 1.29 is 19.4 Å². The smallest absolute Gasteiger partial charge is 0.295 e. The molecule has 0 radical (unpaired) electrons. The summed E-state index contributed by atoms with van der Waals surface area (Å²) in [4.78, 5) is 29.4. The lowest BCUT2D eigenvalue weighted by molar-refractivity contribution is -0.139. The third-order valence-corrected chi connectivity index (χ3v) is 5.42. The minimum Gasteiger partial charge on any atom is -0.507 e. The van der Waals surface area contributed by atoms with E-state index in [2.05, 4.69) is 13.8 Å². The van der Waals surface area contributed by atoms with Crippen LogP contribution in [0.3, 0.4) is 0 Å². The van der Waals surface area contributed by atoms with E-state index in [1.807, 2.05) is 56.3 Å². The van der Waals surface area contributed by atoms with E-state index in [9.17, 15) is 14.7 Å². The molecule has 3 rings (SSSR count). The van der Waals surface area contributed by atoms with Gasteiger partial charge in [-0.1, -0.05) is 45.0 Å². The molecule has 1 saturated heterocycles. The molecule has 0 bridgehead atoms. The Morgan fingerprint density at radius 3 is 2.41 bits per heavy atom. The molecule has 1 atom stereocenters. The number of nitrogens with zero attached hydrogens (tertiary/aromatic N) is 2. The molecular weight excluding hydrogens is 404 g/mol. The van der Waals surface area contributed by atoms with Crippen LogP contribution in [0.5, 0.6) is 5.75 Å². The van der Waals surface area contributed by atoms with Gasteiger partial charge in [0, 0.05) is 31.9 Å². The Balaban J connectivity index is 2.08. The molecule has 0 aromatic heterocycles. The van der Waals surface area contributed by atoms with Crippen molar-refractivity contribution in [3.8, 4) is 5.75 Å². The molecule has 1 N–H and O–H groups in total. The fraction of sp³-hybridized carbons (Fsp3) is 0.385. The van der Waals surface area contributed by atoms with Crippen molar-refractivity contribution in [3.05, 3.63) is 65.2 Å². The van der Waals surface area contributed by atoms with Crippen molar-refractivity contribution in [2.75, 3.05) is 32.1 Å². The highest BCUT2D eigenvalue weighted by atomic mass is 16.5. The first-order chi connectivity index (χ1) is 15.2. The van der Waals surface area contributed by atoms with Crippen molar-refractivity contribution in [1.29, 1.82) is 0 Å². The number of ether oxygens (including phenoxy) is 1. The van der Waals surface area contributed by atoms with Gasteiger partial charge in [-0.3, -0.25) is 9.59 Å². The van der Waals surface area contributed by atoms with Gasteiger partial charge in [-0.2, -0.15) is 0 Å². The summed E-state index contributed by atoms with van der Waals surface area (Å²) in [5.74, 6) is -0.457. The van der Waals surface area contributed by atoms with Gasteiger partial charge in [0.1, 0.15) is 11.5 Å². The predicted molar refractivity (Wildman–Crippen MR) is 127 cm³/mol. The molecule has 170 valence electrons. The number of carbonyl (C=O) groups is 2. The summed E-state index contributed by atoms with van der Waals surface area (Å²) in [6.07, 6.45) is 0.706. The lowest BCUT2D eigenvalue weighted by Gasteiger charge is -2.25. The number of likely N-dealkylation sites (tertiary alicyclic amines) is 1. The lowest BCUT2D eigenvalue weighted by atomic mass is 9.95. The molecule has 6 nitrogen and oxygen atoms in total. The van der Waals surface area contributed by atoms with Crippen LogP contribution in [0.4, 0.5) is 5.69 Å². The summed E-state index contributed by atoms with van der Waals surface area (Å²) in [5, 5.41) is 11.2. The van der Waals surface area contributed by atoms with Gasteiger partial charge in [-0.25, -0.2) is 0 Å². The summed E-state index contributed by atoms with van der Waals surface area (Å²) >= 11 is 0. The van der Waals surface area contributed by atoms with Crippen molar-refractivity contribution >= 4 is 23.1 Å². The number of rotatable bonds is 8. The molecule has 2 aromatic carbocycles. The molecule has 1 aliphatic heterocycles. The third-order valence-electron chi connectivity index (χ3n) is 5.42. The van der Waals surface area contributed by atoms with Crippen LogP contribution in [-0.4, -0.2) is 48.9 Å². The highest BCUT2D eigenvalue weighted by molar-refractivity contribution is 6.46. The van der Waals surface area contributed by atoms with Crippen LogP contribution in [0.15, 0.2) is 54.1 Å². The monoisotopic (exact) mass is 436 g/mol. The topological polar surface area (TPSA) is 70.1 Å². The summed E-state index contributed by atoms with van der Waals surface area (Å²) in [6, 6.07) is 14.1. The van der Waals surface area contributed by atoms with Gasteiger partial charge in [0.25, 0.3) is 11.7 Å². The molecule has 1 unspecified atom stereocenters. The van der Waals surface area contributed by atoms with Crippen LogP contribution >= 0.6 is 0 Å². The molecule has 1 fully saturated rings. The maximum Gasteiger partial charge on any atom is 0.295 e. The fourth-order valence-corrected chi connectivity index (χ4v) is 3.80. The highest BCUT2D eigenvalue weighted by Gasteiger charge is 2.45. The van der Waals surface area contributed by atoms with Crippen LogP contribution in [0.1, 0.15) is 44.4 Å². The molecule has 6 heteroatoms. The number of amides is 1. The maximum atomic E-state index is 13.0. The minimum atomic E-state index is -0.661. The van der Waals surface area contributed by atoms with E-state index < -0.39 is 17.7 Å². The Morgan fingerprint density at radius 1 is 1.12 bits per heavy atom. The van der Waals surface area contributed by atoms with E-state index in [4.69, 9.17) is 4.74 Å². The van der Waals surface area contributed by atoms with Gasteiger partial charge in [0.05, 0.1) is 18.2 Å². The molecule has 0 spiro atoms. The molecule has 1 aliphatic rings. The highest BCUT2D eigenvalue weighted by Crippen LogP contribution is 2.40. The average Bonchev–Trinajstić information content (AvgIpc) is 3.02. The molecular formula is C26H32N2O4. The zero-order valence-corrected chi connectivity index (χ0v) is 19.5. The fourth-order valence-electron chi connectivity index (χ4n) is 3.80. The first-order valence-corrected chi connectivity index (χ1v) is 11.0. The third kappa shape index (κ3) is 4.79. The van der Waals surface area contributed by atoms with Gasteiger partial charge in [0.2, 0.25) is 0 Å². The Kier molecular flexibility index (Phi) is 7.23. The Bertz CT molecular complexity index is 1010. The van der Waals surface area contributed by atoms with Gasteiger partial charge in [-0.15, -0.1) is 0 Å². The van der Waals surface area contributed by atoms with Crippen LogP contribution < -0.4 is 9.64 Å². The first kappa shape index (κ1) is 23.4. The quantitative estimate of drug-likeness (QED) is 0.371. The Morgan fingerprint density at radius 2 is 1.81 bits per heavy atom. The maximum absolute atomic E-state index is 13.0. The predicted octanol–water partition coefficient (Wildman–Crippen LogP) is 4.62. The number of ketones is 1. The van der Waals surface area contributed by atoms with Gasteiger partial charge >= 0.3 is 0 Å². The number of anilines is 1. The van der Waals surface area contributed by atoms with Crippen LogP contribution in [-0.2, 0) is 9.59 Å². The first-order valence-electron chi connectivity index (χ1n) is 11.0. The minimum absolute atomic E-state index is 0.113. The zero-order valence-electron chi connectivity index (χ0n) is 19.5. The second-order valence-corrected chi connectivity index (χ2v) is 8.71. The number of aliphatic hydroxyl groups is 1. The summed E-state index contributed by atoms with van der Waals surface area (Å²) in [6.45, 7) is 7.05. The van der Waals surface area contributed by atoms with Crippen LogP contribution in [0.2, 0.25) is 0 Å². The second-order valence-electron chi connectivity index (χ2n) is 8.71. The van der Waals surface area contributed by atoms with Gasteiger partial charge in [-0.05, 0) is 42.2 Å². The van der Waals surface area contributed by atoms with E-state index in [0.717, 1.165) is 11.3 Å². The number of hydrogen-bond acceptors (Lipinski definition) is 5. The van der Waals surface area contributed by atoms with Crippen molar-refractivity contribution in [1.82, 2.24) is 4.90 Å². The molecule has 0 aliphatic carbocycles. The molecule has 2 aromatic rings. The van der Waals surface area contributed by atoms with Crippen LogP contribution in [0, 0.1) is 5.92 Å². The van der Waals surface area contributed by atoms with E-state index in [1.54, 1.807) is 23.1 Å². The number of hydrogen-bond donors (Lipinski definition) is 1. The number of Topliss-reactive ketones (excluding diaryl/α,β-unsaturated/α-hetero) is 1. The molecule has 1 amide bonds. The Hall–Kier alpha value is -3.28. The van der Waals surface area contributed by atoms with Crippen LogP contribution in [0.25, 0.3) is 5.76 Å². The largest absolute Gasteiger partial charge is 0.507 e. The van der Waals surface area contributed by atoms with E-state index in [1.165, 1.54) is 0 Å². The van der Waals surface area contributed by atoms with Crippen molar-refractivity contribution in [3.63, 3.8) is 0 Å². The van der Waals surface area contributed by atoms with Gasteiger partial charge < -0.3 is 19.6 Å². The molecule has 0 saturated carbocycles. The number of benzene rings is 2. The van der Waals surface area contributed by atoms with Crippen molar-refractivity contribution in [2.24, 2.45) is 5.92 Å². The zero-order chi connectivity index (χ0) is 23.4. The number of aliphatic hydroxyl groups excluding tert-OH is 1. The average molecular weight is 437 g/mol. The SMILES string of the molecule is CCCN1C(=O)C(=O)/C(=C(\O)c2cccc(OCC(C)C)c2)C1c1ccc(N(C)C)cc1. The van der Waals surface area contributed by atoms with E-state index >= 15 is 0 Å². The van der Waals surface area contributed by atoms with E-state index in [-0.39, 0.29) is 11.3 Å². The normalized spacial score (nSPS) is 17.8. The Labute approximate surface area is 190 Å². The standard InChI is InChI=1S/C26H32N2O4/c1-6-14-28-23(18-10-12-20(13-11-18)27(4)5)22(25(30)26(28)31)24(29)19-8-7-9-21(15-19)32-16-17(2)3/h7-13,15,17,23,29H,6,14,16H2,1-5H3/b24-22-. The molecule has 1 heterocycles. The summed E-state index contributed by atoms with van der Waals surface area (Å²) < 4.78 is 5.77. The second kappa shape index (κ2) is 9.90. The van der Waals surface area contributed by atoms with Crippen molar-refractivity contribution in [2.45, 2.75) is 33.2 Å². The summed E-state index contributed by atoms with van der Waals surface area (Å²) in [7, 11) is 3.90. The lowest BCUT2D eigenvalue weighted by Crippen LogP contribution is -2.30. The van der Waals surface area contributed by atoms with E-state index in [0.29, 0.717) is 36.8 Å². The van der Waals surface area contributed by atoms with Gasteiger partial charge in [0.15, 0.2) is 0 Å². The molecule has 32 heavy (non-hydrogen) atoms. The number of carbonyl (C=O) groups excluding carboxylic acids is 2. The summed E-state index contributed by atoms with van der Waals surface area (Å²) in [5.41, 5.74) is 2.37.